The van der Waals surface area contributed by atoms with E-state index in [1.807, 2.05) is 13.8 Å². The summed E-state index contributed by atoms with van der Waals surface area (Å²) in [5.74, 6) is -1.08. The summed E-state index contributed by atoms with van der Waals surface area (Å²) in [6.07, 6.45) is 0. The van der Waals surface area contributed by atoms with Gasteiger partial charge >= 0.3 is 6.01 Å². The number of benzene rings is 1. The number of carbonyl (C=O) groups excluding carboxylic acids is 1. The summed E-state index contributed by atoms with van der Waals surface area (Å²) < 4.78 is 31.5. The smallest absolute Gasteiger partial charge is 0.322 e. The number of nitrogens with one attached hydrogen (secondary N) is 1. The van der Waals surface area contributed by atoms with E-state index in [1.165, 1.54) is 12.1 Å². The molecule has 1 N–H and O–H groups in total. The lowest BCUT2D eigenvalue weighted by molar-refractivity contribution is 0.101. The Morgan fingerprint density at radius 3 is 2.62 bits per heavy atom. The number of hydrogen-bond acceptors (Lipinski definition) is 7. The highest BCUT2D eigenvalue weighted by atomic mass is 32.2. The zero-order valence-corrected chi connectivity index (χ0v) is 15.0. The molecule has 0 saturated heterocycles. The van der Waals surface area contributed by atoms with Crippen molar-refractivity contribution in [3.05, 3.63) is 53.7 Å². The van der Waals surface area contributed by atoms with Crippen LogP contribution in [0.2, 0.25) is 0 Å². The molecule has 3 aromatic rings. The van der Waals surface area contributed by atoms with Crippen molar-refractivity contribution in [2.75, 3.05) is 5.32 Å². The quantitative estimate of drug-likeness (QED) is 0.697. The Morgan fingerprint density at radius 1 is 1.23 bits per heavy atom. The van der Waals surface area contributed by atoms with E-state index in [-0.39, 0.29) is 22.5 Å². The minimum absolute atomic E-state index is 0.112. The molecule has 0 aliphatic carbocycles. The van der Waals surface area contributed by atoms with Crippen molar-refractivity contribution in [1.29, 1.82) is 0 Å². The van der Waals surface area contributed by atoms with Crippen LogP contribution in [0, 0.1) is 6.92 Å². The predicted molar refractivity (Wildman–Crippen MR) is 92.2 cm³/mol. The number of aryl methyl sites for hydroxylation is 2. The van der Waals surface area contributed by atoms with Gasteiger partial charge in [-0.05, 0) is 32.0 Å². The standard InChI is InChI=1S/C16H17N5O4S/c1-3-21-11(2)9-13(20-21)15(22)17-16-19-18-14(25-16)10-26(23,24)12-7-5-4-6-8-12/h4-9H,3,10H2,1-2H3,(H,17,19,22). The fourth-order valence-electron chi connectivity index (χ4n) is 2.34. The van der Waals surface area contributed by atoms with Crippen LogP contribution in [-0.4, -0.2) is 34.3 Å². The van der Waals surface area contributed by atoms with Gasteiger partial charge in [0, 0.05) is 12.2 Å². The van der Waals surface area contributed by atoms with Gasteiger partial charge in [0.15, 0.2) is 15.5 Å². The highest BCUT2D eigenvalue weighted by Crippen LogP contribution is 2.17. The second kappa shape index (κ2) is 7.08. The van der Waals surface area contributed by atoms with E-state index >= 15 is 0 Å². The molecular formula is C16H17N5O4S. The van der Waals surface area contributed by atoms with Crippen molar-refractivity contribution in [1.82, 2.24) is 20.0 Å². The predicted octanol–water partition coefficient (Wildman–Crippen LogP) is 1.82. The van der Waals surface area contributed by atoms with Gasteiger partial charge in [-0.3, -0.25) is 14.8 Å². The van der Waals surface area contributed by atoms with Crippen LogP contribution < -0.4 is 5.32 Å². The van der Waals surface area contributed by atoms with Crippen molar-refractivity contribution < 1.29 is 17.6 Å². The van der Waals surface area contributed by atoms with Crippen molar-refractivity contribution >= 4 is 21.8 Å². The molecule has 136 valence electrons. The van der Waals surface area contributed by atoms with E-state index in [4.69, 9.17) is 4.42 Å². The Hall–Kier alpha value is -3.01. The lowest BCUT2D eigenvalue weighted by Crippen LogP contribution is -2.13. The van der Waals surface area contributed by atoms with Crippen LogP contribution in [0.4, 0.5) is 6.01 Å². The first-order valence-electron chi connectivity index (χ1n) is 7.85. The van der Waals surface area contributed by atoms with Gasteiger partial charge in [0.05, 0.1) is 4.90 Å². The third-order valence-corrected chi connectivity index (χ3v) is 5.23. The third-order valence-electron chi connectivity index (χ3n) is 3.62. The first-order valence-corrected chi connectivity index (χ1v) is 9.50. The molecule has 0 atom stereocenters. The Bertz CT molecular complexity index is 1020. The largest absolute Gasteiger partial charge is 0.407 e. The molecule has 0 radical (unpaired) electrons. The summed E-state index contributed by atoms with van der Waals surface area (Å²) >= 11 is 0. The second-order valence-corrected chi connectivity index (χ2v) is 7.50. The minimum atomic E-state index is -3.61. The van der Waals surface area contributed by atoms with Gasteiger partial charge in [-0.25, -0.2) is 8.42 Å². The molecule has 0 unspecified atom stereocenters. The van der Waals surface area contributed by atoms with Crippen LogP contribution >= 0.6 is 0 Å². The van der Waals surface area contributed by atoms with Crippen molar-refractivity contribution in [3.63, 3.8) is 0 Å². The van der Waals surface area contributed by atoms with E-state index in [0.29, 0.717) is 6.54 Å². The SMILES string of the molecule is CCn1nc(C(=O)Nc2nnc(CS(=O)(=O)c3ccccc3)o2)cc1C. The Labute approximate surface area is 150 Å². The molecule has 0 bridgehead atoms. The van der Waals surface area contributed by atoms with Crippen LogP contribution in [0.25, 0.3) is 0 Å². The van der Waals surface area contributed by atoms with E-state index in [2.05, 4.69) is 20.6 Å². The summed E-state index contributed by atoms with van der Waals surface area (Å²) in [7, 11) is -3.61. The summed E-state index contributed by atoms with van der Waals surface area (Å²) in [6, 6.07) is 9.41. The number of hydrogen-bond donors (Lipinski definition) is 1. The fourth-order valence-corrected chi connectivity index (χ4v) is 3.52. The molecule has 10 heteroatoms. The van der Waals surface area contributed by atoms with Gasteiger partial charge < -0.3 is 4.42 Å². The van der Waals surface area contributed by atoms with Gasteiger partial charge in [-0.1, -0.05) is 23.3 Å². The van der Waals surface area contributed by atoms with E-state index in [1.54, 1.807) is 28.9 Å². The average Bonchev–Trinajstić information content (AvgIpc) is 3.21. The van der Waals surface area contributed by atoms with Crippen LogP contribution in [0.5, 0.6) is 0 Å². The summed E-state index contributed by atoms with van der Waals surface area (Å²) in [4.78, 5) is 12.3. The molecule has 2 aromatic heterocycles. The Kier molecular flexibility index (Phi) is 4.85. The van der Waals surface area contributed by atoms with E-state index in [9.17, 15) is 13.2 Å². The van der Waals surface area contributed by atoms with E-state index in [0.717, 1.165) is 5.69 Å². The molecule has 0 aliphatic heterocycles. The molecule has 0 aliphatic rings. The average molecular weight is 375 g/mol. The Morgan fingerprint density at radius 2 is 1.96 bits per heavy atom. The molecule has 3 rings (SSSR count). The minimum Gasteiger partial charge on any atom is -0.407 e. The van der Waals surface area contributed by atoms with Crippen molar-refractivity contribution in [2.45, 2.75) is 31.0 Å². The second-order valence-electron chi connectivity index (χ2n) is 5.51. The summed E-state index contributed by atoms with van der Waals surface area (Å²) in [5.41, 5.74) is 1.05. The molecule has 26 heavy (non-hydrogen) atoms. The number of nitrogens with zero attached hydrogens (tertiary/aromatic N) is 4. The van der Waals surface area contributed by atoms with Crippen LogP contribution in [0.15, 0.2) is 45.7 Å². The van der Waals surface area contributed by atoms with Gasteiger partial charge in [-0.2, -0.15) is 5.10 Å². The lowest BCUT2D eigenvalue weighted by Gasteiger charge is -2.00. The summed E-state index contributed by atoms with van der Waals surface area (Å²) in [5, 5.41) is 13.9. The van der Waals surface area contributed by atoms with Crippen molar-refractivity contribution in [2.24, 2.45) is 0 Å². The molecule has 2 heterocycles. The maximum Gasteiger partial charge on any atom is 0.322 e. The van der Waals surface area contributed by atoms with E-state index < -0.39 is 21.5 Å². The normalized spacial score (nSPS) is 11.5. The maximum atomic E-state index is 12.3. The first kappa shape index (κ1) is 17.8. The van der Waals surface area contributed by atoms with Crippen LogP contribution in [-0.2, 0) is 22.1 Å². The highest BCUT2D eigenvalue weighted by Gasteiger charge is 2.21. The first-order chi connectivity index (χ1) is 12.4. The molecule has 1 amide bonds. The molecule has 0 fully saturated rings. The number of anilines is 1. The molecule has 1 aromatic carbocycles. The topological polar surface area (TPSA) is 120 Å². The number of aromatic nitrogens is 4. The molecule has 9 nitrogen and oxygen atoms in total. The van der Waals surface area contributed by atoms with Crippen molar-refractivity contribution in [3.8, 4) is 0 Å². The highest BCUT2D eigenvalue weighted by molar-refractivity contribution is 7.90. The number of sulfone groups is 1. The fraction of sp³-hybridized carbons (Fsp3) is 0.250. The van der Waals surface area contributed by atoms with Gasteiger partial charge in [-0.15, -0.1) is 5.10 Å². The lowest BCUT2D eigenvalue weighted by atomic mass is 10.3. The monoisotopic (exact) mass is 375 g/mol. The summed E-state index contributed by atoms with van der Waals surface area (Å²) in [6.45, 7) is 4.40. The van der Waals surface area contributed by atoms with Crippen LogP contribution in [0.3, 0.4) is 0 Å². The van der Waals surface area contributed by atoms with Gasteiger partial charge in [0.25, 0.3) is 5.91 Å². The molecular weight excluding hydrogens is 358 g/mol. The number of rotatable bonds is 6. The van der Waals surface area contributed by atoms with Crippen LogP contribution in [0.1, 0.15) is 29.0 Å². The maximum absolute atomic E-state index is 12.3. The zero-order valence-electron chi connectivity index (χ0n) is 14.2. The van der Waals surface area contributed by atoms with Gasteiger partial charge in [0.1, 0.15) is 5.75 Å². The zero-order chi connectivity index (χ0) is 18.7. The Balaban J connectivity index is 1.71. The van der Waals surface area contributed by atoms with Gasteiger partial charge in [0.2, 0.25) is 5.89 Å². The third kappa shape index (κ3) is 3.80. The number of carbonyl (C=O) groups is 1. The number of amides is 1. The molecule has 0 spiro atoms. The molecule has 0 saturated carbocycles.